The summed E-state index contributed by atoms with van der Waals surface area (Å²) in [4.78, 5) is 19.5. The minimum absolute atomic E-state index is 0.0167. The summed E-state index contributed by atoms with van der Waals surface area (Å²) in [5.41, 5.74) is 0.860. The zero-order valence-electron chi connectivity index (χ0n) is 14.7. The van der Waals surface area contributed by atoms with Gasteiger partial charge in [0.05, 0.1) is 27.0 Å². The number of hydrogen-bond acceptors (Lipinski definition) is 6. The summed E-state index contributed by atoms with van der Waals surface area (Å²) in [6, 6.07) is 7.10. The van der Waals surface area contributed by atoms with E-state index in [0.717, 1.165) is 25.7 Å². The molecule has 0 aliphatic heterocycles. The van der Waals surface area contributed by atoms with Crippen molar-refractivity contribution < 1.29 is 14.1 Å². The Morgan fingerprint density at radius 1 is 1.21 bits per heavy atom. The van der Waals surface area contributed by atoms with Crippen LogP contribution >= 0.6 is 11.6 Å². The van der Waals surface area contributed by atoms with Crippen LogP contribution in [0.1, 0.15) is 25.7 Å². The molecule has 0 bridgehead atoms. The first-order chi connectivity index (χ1) is 13.5. The molecular formula is C19H16ClFN4O3. The highest BCUT2D eigenvalue weighted by Gasteiger charge is 2.24. The summed E-state index contributed by atoms with van der Waals surface area (Å²) in [6.45, 7) is 0. The lowest BCUT2D eigenvalue weighted by Crippen LogP contribution is -2.12. The number of aromatic nitrogens is 2. The Morgan fingerprint density at radius 3 is 2.71 bits per heavy atom. The van der Waals surface area contributed by atoms with Gasteiger partial charge in [-0.2, -0.15) is 0 Å². The van der Waals surface area contributed by atoms with Gasteiger partial charge in [0.15, 0.2) is 5.75 Å². The predicted octanol–water partition coefficient (Wildman–Crippen LogP) is 5.40. The van der Waals surface area contributed by atoms with Gasteiger partial charge in [0, 0.05) is 17.8 Å². The second-order valence-electron chi connectivity index (χ2n) is 6.59. The fourth-order valence-corrected chi connectivity index (χ4v) is 3.49. The summed E-state index contributed by atoms with van der Waals surface area (Å²) < 4.78 is 19.3. The Labute approximate surface area is 164 Å². The summed E-state index contributed by atoms with van der Waals surface area (Å²) in [5, 5.41) is 15.0. The molecule has 1 aromatic heterocycles. The molecule has 0 spiro atoms. The van der Waals surface area contributed by atoms with Gasteiger partial charge in [0.1, 0.15) is 18.0 Å². The largest absolute Gasteiger partial charge is 0.483 e. The van der Waals surface area contributed by atoms with E-state index in [2.05, 4.69) is 15.3 Å². The van der Waals surface area contributed by atoms with Gasteiger partial charge >= 0.3 is 5.69 Å². The number of halogens is 2. The lowest BCUT2D eigenvalue weighted by Gasteiger charge is -2.14. The average Bonchev–Trinajstić information content (AvgIpc) is 3.17. The molecule has 0 atom stereocenters. The van der Waals surface area contributed by atoms with E-state index in [9.17, 15) is 14.5 Å². The predicted molar refractivity (Wildman–Crippen MR) is 104 cm³/mol. The Balaban J connectivity index is 1.74. The van der Waals surface area contributed by atoms with Crippen LogP contribution in [-0.4, -0.2) is 21.0 Å². The second-order valence-corrected chi connectivity index (χ2v) is 7.00. The van der Waals surface area contributed by atoms with Gasteiger partial charge in [-0.1, -0.05) is 11.6 Å². The van der Waals surface area contributed by atoms with Crippen molar-refractivity contribution in [2.75, 3.05) is 5.32 Å². The first-order valence-electron chi connectivity index (χ1n) is 8.83. The third-order valence-corrected chi connectivity index (χ3v) is 4.98. The minimum Gasteiger partial charge on any atom is -0.483 e. The highest BCUT2D eigenvalue weighted by Crippen LogP contribution is 2.37. The molecule has 1 fully saturated rings. The molecule has 1 aliphatic carbocycles. The molecule has 0 unspecified atom stereocenters. The number of nitro groups is 1. The minimum atomic E-state index is -0.538. The number of rotatable bonds is 5. The molecule has 2 aromatic carbocycles. The number of nitro benzene ring substituents is 1. The lowest BCUT2D eigenvalue weighted by atomic mass is 10.2. The maximum Gasteiger partial charge on any atom is 0.311 e. The van der Waals surface area contributed by atoms with E-state index >= 15 is 0 Å². The van der Waals surface area contributed by atoms with Gasteiger partial charge in [-0.3, -0.25) is 10.1 Å². The molecule has 9 heteroatoms. The van der Waals surface area contributed by atoms with Gasteiger partial charge in [-0.15, -0.1) is 0 Å². The number of anilines is 2. The van der Waals surface area contributed by atoms with Crippen molar-refractivity contribution >= 4 is 39.7 Å². The molecule has 0 radical (unpaired) electrons. The SMILES string of the molecule is O=[N+]([O-])c1cc2c(Nc3ccc(F)c(Cl)c3)ncnc2cc1OC1CCCC1. The van der Waals surface area contributed by atoms with Crippen molar-refractivity contribution in [3.05, 3.63) is 57.6 Å². The van der Waals surface area contributed by atoms with Gasteiger partial charge < -0.3 is 10.1 Å². The molecular weight excluding hydrogens is 387 g/mol. The number of nitrogens with one attached hydrogen (secondary N) is 1. The number of hydrogen-bond donors (Lipinski definition) is 1. The van der Waals surface area contributed by atoms with Crippen LogP contribution in [0.15, 0.2) is 36.7 Å². The van der Waals surface area contributed by atoms with Gasteiger partial charge in [0.25, 0.3) is 0 Å². The maximum atomic E-state index is 13.4. The van der Waals surface area contributed by atoms with Crippen LogP contribution in [0.3, 0.4) is 0 Å². The van der Waals surface area contributed by atoms with Crippen LogP contribution in [0.4, 0.5) is 21.6 Å². The van der Waals surface area contributed by atoms with Crippen LogP contribution < -0.4 is 10.1 Å². The monoisotopic (exact) mass is 402 g/mol. The number of nitrogens with zero attached hydrogens (tertiary/aromatic N) is 3. The zero-order valence-corrected chi connectivity index (χ0v) is 15.4. The number of fused-ring (bicyclic) bond motifs is 1. The molecule has 28 heavy (non-hydrogen) atoms. The Morgan fingerprint density at radius 2 is 2.00 bits per heavy atom. The molecule has 0 amide bonds. The molecule has 7 nitrogen and oxygen atoms in total. The molecule has 1 aliphatic rings. The van der Waals surface area contributed by atoms with Crippen molar-refractivity contribution in [1.82, 2.24) is 9.97 Å². The third-order valence-electron chi connectivity index (χ3n) is 4.69. The van der Waals surface area contributed by atoms with Crippen LogP contribution in [-0.2, 0) is 0 Å². The quantitative estimate of drug-likeness (QED) is 0.454. The van der Waals surface area contributed by atoms with Crippen LogP contribution in [0.2, 0.25) is 5.02 Å². The smallest absolute Gasteiger partial charge is 0.311 e. The van der Waals surface area contributed by atoms with Gasteiger partial charge in [0.2, 0.25) is 0 Å². The van der Waals surface area contributed by atoms with E-state index in [4.69, 9.17) is 16.3 Å². The summed E-state index contributed by atoms with van der Waals surface area (Å²) in [6.07, 6.45) is 5.22. The number of ether oxygens (including phenoxy) is 1. The van der Waals surface area contributed by atoms with Crippen molar-refractivity contribution in [2.24, 2.45) is 0 Å². The van der Waals surface area contributed by atoms with E-state index in [1.807, 2.05) is 0 Å². The molecule has 1 saturated carbocycles. The molecule has 1 N–H and O–H groups in total. The average molecular weight is 403 g/mol. The second kappa shape index (κ2) is 7.55. The van der Waals surface area contributed by atoms with Crippen LogP contribution in [0.5, 0.6) is 5.75 Å². The van der Waals surface area contributed by atoms with Crippen LogP contribution in [0, 0.1) is 15.9 Å². The summed E-state index contributed by atoms with van der Waals surface area (Å²) >= 11 is 5.81. The van der Waals surface area contributed by atoms with E-state index in [1.165, 1.54) is 30.6 Å². The molecule has 0 saturated heterocycles. The third kappa shape index (κ3) is 3.68. The Bertz CT molecular complexity index is 1060. The normalized spacial score (nSPS) is 14.4. The lowest BCUT2D eigenvalue weighted by molar-refractivity contribution is -0.385. The Kier molecular flexibility index (Phi) is 4.95. The van der Waals surface area contributed by atoms with E-state index in [-0.39, 0.29) is 22.6 Å². The van der Waals surface area contributed by atoms with Crippen LogP contribution in [0.25, 0.3) is 10.9 Å². The molecule has 4 rings (SSSR count). The van der Waals surface area contributed by atoms with Crippen molar-refractivity contribution in [1.29, 1.82) is 0 Å². The topological polar surface area (TPSA) is 90.2 Å². The fraction of sp³-hybridized carbons (Fsp3) is 0.263. The highest BCUT2D eigenvalue weighted by atomic mass is 35.5. The van der Waals surface area contributed by atoms with Crippen molar-refractivity contribution in [2.45, 2.75) is 31.8 Å². The summed E-state index contributed by atoms with van der Waals surface area (Å²) in [7, 11) is 0. The molecule has 3 aromatic rings. The standard InChI is InChI=1S/C19H16ClFN4O3/c20-14-7-11(5-6-15(14)21)24-19-13-8-17(25(26)27)18(9-16(13)22-10-23-19)28-12-3-1-2-4-12/h5-10,12H,1-4H2,(H,22,23,24). The number of benzene rings is 2. The first kappa shape index (κ1) is 18.4. The van der Waals surface area contributed by atoms with E-state index < -0.39 is 10.7 Å². The van der Waals surface area contributed by atoms with Gasteiger partial charge in [-0.25, -0.2) is 14.4 Å². The van der Waals surface area contributed by atoms with Crippen molar-refractivity contribution in [3.8, 4) is 5.75 Å². The zero-order chi connectivity index (χ0) is 19.7. The Hall–Kier alpha value is -3.00. The van der Waals surface area contributed by atoms with E-state index in [0.29, 0.717) is 22.4 Å². The van der Waals surface area contributed by atoms with Gasteiger partial charge in [-0.05, 0) is 43.9 Å². The maximum absolute atomic E-state index is 13.4. The fourth-order valence-electron chi connectivity index (χ4n) is 3.31. The van der Waals surface area contributed by atoms with E-state index in [1.54, 1.807) is 6.07 Å². The summed E-state index contributed by atoms with van der Waals surface area (Å²) in [5.74, 6) is 0.0196. The highest BCUT2D eigenvalue weighted by molar-refractivity contribution is 6.31. The molecule has 1 heterocycles. The van der Waals surface area contributed by atoms with Crippen molar-refractivity contribution in [3.63, 3.8) is 0 Å². The molecule has 144 valence electrons. The first-order valence-corrected chi connectivity index (χ1v) is 9.21.